The second-order valence-corrected chi connectivity index (χ2v) is 9.65. The van der Waals surface area contributed by atoms with Crippen LogP contribution in [-0.4, -0.2) is 58.2 Å². The summed E-state index contributed by atoms with van der Waals surface area (Å²) in [5.41, 5.74) is 7.53. The maximum atomic E-state index is 12.6. The van der Waals surface area contributed by atoms with E-state index in [9.17, 15) is 4.79 Å². The quantitative estimate of drug-likeness (QED) is 0.239. The molecular weight excluding hydrogens is 478 g/mol. The van der Waals surface area contributed by atoms with Gasteiger partial charge in [-0.2, -0.15) is 0 Å². The monoisotopic (exact) mass is 511 g/mol. The average Bonchev–Trinajstić information content (AvgIpc) is 3.37. The normalized spacial score (nSPS) is 17.4. The number of carbonyl (C=O) groups excluding carboxylic acids is 1. The number of carbonyl (C=O) groups is 1. The van der Waals surface area contributed by atoms with Gasteiger partial charge in [-0.1, -0.05) is 30.7 Å². The van der Waals surface area contributed by atoms with Crippen LogP contribution >= 0.6 is 0 Å². The largest absolute Gasteiger partial charge is 0.457 e. The molecule has 2 heterocycles. The standard InChI is InChI=1S/C29H33N7O2/c30-27(20-11-13-24(14-12-20)38-23-8-2-1-3-9-23)26-28(31)33-19-34-29(26)35-22-15-17-36(18-22)25(37)10-5-16-32-21-6-4-7-21/h1-3,5,8-14,19,21-22,30,32H,4,6-7,15-18H2,(H3,31,33,34,35)/b10-5+,30-27?/t22-/m1/s1. The highest BCUT2D eigenvalue weighted by molar-refractivity contribution is 6.16. The summed E-state index contributed by atoms with van der Waals surface area (Å²) < 4.78 is 5.86. The maximum absolute atomic E-state index is 12.6. The zero-order valence-corrected chi connectivity index (χ0v) is 21.3. The van der Waals surface area contributed by atoms with Crippen molar-refractivity contribution >= 4 is 23.3 Å². The number of hydrogen-bond donors (Lipinski definition) is 4. The van der Waals surface area contributed by atoms with Crippen LogP contribution in [0.3, 0.4) is 0 Å². The molecule has 2 aliphatic rings. The van der Waals surface area contributed by atoms with Gasteiger partial charge in [-0.25, -0.2) is 9.97 Å². The van der Waals surface area contributed by atoms with E-state index in [-0.39, 0.29) is 23.5 Å². The second kappa shape index (κ2) is 11.9. The number of para-hydroxylation sites is 1. The molecule has 9 nitrogen and oxygen atoms in total. The van der Waals surface area contributed by atoms with Crippen molar-refractivity contribution in [3.63, 3.8) is 0 Å². The predicted octanol–water partition coefficient (Wildman–Crippen LogP) is 3.98. The third-order valence-corrected chi connectivity index (χ3v) is 6.98. The van der Waals surface area contributed by atoms with E-state index in [2.05, 4.69) is 20.6 Å². The molecule has 1 amide bonds. The van der Waals surface area contributed by atoms with Gasteiger partial charge < -0.3 is 26.0 Å². The number of amides is 1. The van der Waals surface area contributed by atoms with Crippen LogP contribution in [0, 0.1) is 5.41 Å². The lowest BCUT2D eigenvalue weighted by Crippen LogP contribution is -2.35. The van der Waals surface area contributed by atoms with Gasteiger partial charge in [0.05, 0.1) is 11.3 Å². The fourth-order valence-corrected chi connectivity index (χ4v) is 4.60. The lowest BCUT2D eigenvalue weighted by Gasteiger charge is -2.25. The number of nitrogens with one attached hydrogen (secondary N) is 3. The number of rotatable bonds is 10. The minimum Gasteiger partial charge on any atom is -0.457 e. The SMILES string of the molecule is N=C(c1ccc(Oc2ccccc2)cc1)c1c(N)ncnc1N[C@@H]1CCN(C(=O)/C=C/CNC2CCC2)C1. The predicted molar refractivity (Wildman–Crippen MR) is 149 cm³/mol. The Kier molecular flexibility index (Phi) is 7.94. The molecule has 1 aromatic heterocycles. The zero-order chi connectivity index (χ0) is 26.3. The summed E-state index contributed by atoms with van der Waals surface area (Å²) in [6, 6.07) is 17.4. The number of anilines is 2. The summed E-state index contributed by atoms with van der Waals surface area (Å²) in [6.45, 7) is 1.94. The van der Waals surface area contributed by atoms with Gasteiger partial charge in [0.2, 0.25) is 5.91 Å². The summed E-state index contributed by atoms with van der Waals surface area (Å²) >= 11 is 0. The van der Waals surface area contributed by atoms with Crippen molar-refractivity contribution < 1.29 is 9.53 Å². The molecule has 1 saturated heterocycles. The third-order valence-electron chi connectivity index (χ3n) is 6.98. The van der Waals surface area contributed by atoms with E-state index in [1.54, 1.807) is 6.08 Å². The fraction of sp³-hybridized carbons (Fsp3) is 0.310. The van der Waals surface area contributed by atoms with Gasteiger partial charge in [-0.05, 0) is 55.7 Å². The van der Waals surface area contributed by atoms with Crippen molar-refractivity contribution in [1.29, 1.82) is 5.41 Å². The summed E-state index contributed by atoms with van der Waals surface area (Å²) in [5, 5.41) is 15.7. The van der Waals surface area contributed by atoms with Gasteiger partial charge in [0.1, 0.15) is 29.5 Å². The van der Waals surface area contributed by atoms with E-state index < -0.39 is 0 Å². The number of hydrogen-bond acceptors (Lipinski definition) is 8. The molecule has 1 aliphatic carbocycles. The van der Waals surface area contributed by atoms with Crippen LogP contribution in [0.25, 0.3) is 0 Å². The molecule has 1 saturated carbocycles. The van der Waals surface area contributed by atoms with Crippen molar-refractivity contribution in [2.75, 3.05) is 30.7 Å². The molecule has 0 spiro atoms. The summed E-state index contributed by atoms with van der Waals surface area (Å²) in [4.78, 5) is 23.0. The molecule has 196 valence electrons. The minimum atomic E-state index is 0.00273. The van der Waals surface area contributed by atoms with Gasteiger partial charge in [0.15, 0.2) is 0 Å². The molecule has 9 heteroatoms. The van der Waals surface area contributed by atoms with Crippen LogP contribution in [0.2, 0.25) is 0 Å². The van der Waals surface area contributed by atoms with Gasteiger partial charge in [-0.3, -0.25) is 10.2 Å². The smallest absolute Gasteiger partial charge is 0.246 e. The maximum Gasteiger partial charge on any atom is 0.246 e. The van der Waals surface area contributed by atoms with E-state index in [0.717, 1.165) is 18.7 Å². The van der Waals surface area contributed by atoms with Crippen LogP contribution < -0.4 is 21.1 Å². The number of nitrogen functional groups attached to an aromatic ring is 1. The van der Waals surface area contributed by atoms with Gasteiger partial charge in [0.25, 0.3) is 0 Å². The molecule has 38 heavy (non-hydrogen) atoms. The number of ether oxygens (including phenoxy) is 1. The number of aromatic nitrogens is 2. The topological polar surface area (TPSA) is 129 Å². The lowest BCUT2D eigenvalue weighted by molar-refractivity contribution is -0.125. The Morgan fingerprint density at radius 3 is 2.55 bits per heavy atom. The lowest BCUT2D eigenvalue weighted by atomic mass is 9.93. The molecule has 0 unspecified atom stereocenters. The first kappa shape index (κ1) is 25.4. The number of likely N-dealkylation sites (tertiary alicyclic amines) is 1. The molecule has 0 radical (unpaired) electrons. The molecule has 5 rings (SSSR count). The number of nitrogens with zero attached hydrogens (tertiary/aromatic N) is 3. The van der Waals surface area contributed by atoms with Crippen LogP contribution in [0.15, 0.2) is 73.1 Å². The highest BCUT2D eigenvalue weighted by Crippen LogP contribution is 2.26. The Hall–Kier alpha value is -4.24. The Morgan fingerprint density at radius 1 is 1.05 bits per heavy atom. The summed E-state index contributed by atoms with van der Waals surface area (Å²) in [5.74, 6) is 2.15. The van der Waals surface area contributed by atoms with Crippen LogP contribution in [0.5, 0.6) is 11.5 Å². The van der Waals surface area contributed by atoms with Gasteiger partial charge in [0, 0.05) is 43.4 Å². The Morgan fingerprint density at radius 2 is 1.82 bits per heavy atom. The molecule has 1 aliphatic heterocycles. The minimum absolute atomic E-state index is 0.00273. The molecule has 5 N–H and O–H groups in total. The van der Waals surface area contributed by atoms with E-state index in [1.807, 2.05) is 65.6 Å². The highest BCUT2D eigenvalue weighted by Gasteiger charge is 2.27. The van der Waals surface area contributed by atoms with E-state index in [0.29, 0.717) is 41.8 Å². The van der Waals surface area contributed by atoms with E-state index >= 15 is 0 Å². The van der Waals surface area contributed by atoms with E-state index in [4.69, 9.17) is 15.9 Å². The van der Waals surface area contributed by atoms with Crippen molar-refractivity contribution in [2.45, 2.75) is 37.8 Å². The van der Waals surface area contributed by atoms with Crippen LogP contribution in [0.4, 0.5) is 11.6 Å². The van der Waals surface area contributed by atoms with Crippen molar-refractivity contribution in [2.24, 2.45) is 0 Å². The molecule has 0 bridgehead atoms. The first-order chi connectivity index (χ1) is 18.6. The van der Waals surface area contributed by atoms with Gasteiger partial charge >= 0.3 is 0 Å². The van der Waals surface area contributed by atoms with Crippen molar-refractivity contribution in [3.05, 3.63) is 84.2 Å². The first-order valence-corrected chi connectivity index (χ1v) is 13.0. The molecule has 2 fully saturated rings. The number of nitrogens with two attached hydrogens (primary N) is 1. The third kappa shape index (κ3) is 6.18. The molecule has 2 aromatic carbocycles. The van der Waals surface area contributed by atoms with Crippen LogP contribution in [-0.2, 0) is 4.79 Å². The molecular formula is C29H33N7O2. The summed E-state index contributed by atoms with van der Waals surface area (Å²) in [7, 11) is 0. The zero-order valence-electron chi connectivity index (χ0n) is 21.3. The number of benzene rings is 2. The molecule has 1 atom stereocenters. The average molecular weight is 512 g/mol. The van der Waals surface area contributed by atoms with Gasteiger partial charge in [-0.15, -0.1) is 0 Å². The van der Waals surface area contributed by atoms with Crippen molar-refractivity contribution in [1.82, 2.24) is 20.2 Å². The molecule has 3 aromatic rings. The second-order valence-electron chi connectivity index (χ2n) is 9.65. The summed E-state index contributed by atoms with van der Waals surface area (Å²) in [6.07, 6.45) is 9.47. The Labute approximate surface area is 222 Å². The first-order valence-electron chi connectivity index (χ1n) is 13.0. The van der Waals surface area contributed by atoms with Crippen molar-refractivity contribution in [3.8, 4) is 11.5 Å². The van der Waals surface area contributed by atoms with Crippen LogP contribution in [0.1, 0.15) is 36.8 Å². The van der Waals surface area contributed by atoms with E-state index in [1.165, 1.54) is 25.6 Å². The highest BCUT2D eigenvalue weighted by atomic mass is 16.5. The Balaban J connectivity index is 1.20. The Bertz CT molecular complexity index is 1290. The fourth-order valence-electron chi connectivity index (χ4n) is 4.60.